The zero-order chi connectivity index (χ0) is 15.0. The normalized spacial score (nSPS) is 27.7. The molecule has 2 fully saturated rings. The van der Waals surface area contributed by atoms with E-state index in [9.17, 15) is 9.90 Å². The molecule has 1 N–H and O–H groups in total. The fourth-order valence-electron chi connectivity index (χ4n) is 3.56. The molecular weight excluding hydrogens is 294 g/mol. The Labute approximate surface area is 128 Å². The fraction of sp³-hybridized carbons (Fsp3) is 0.667. The van der Waals surface area contributed by atoms with Gasteiger partial charge in [0.05, 0.1) is 24.0 Å². The van der Waals surface area contributed by atoms with Crippen molar-refractivity contribution in [3.8, 4) is 0 Å². The minimum atomic E-state index is -0.316. The van der Waals surface area contributed by atoms with Crippen LogP contribution in [0, 0.1) is 5.41 Å². The molecule has 0 unspecified atom stereocenters. The molecule has 3 rings (SSSR count). The summed E-state index contributed by atoms with van der Waals surface area (Å²) >= 11 is 5.86. The minimum Gasteiger partial charge on any atom is -0.452 e. The quantitative estimate of drug-likeness (QED) is 0.930. The van der Waals surface area contributed by atoms with Gasteiger partial charge in [-0.1, -0.05) is 0 Å². The molecule has 2 heterocycles. The van der Waals surface area contributed by atoms with E-state index in [0.29, 0.717) is 31.7 Å². The van der Waals surface area contributed by atoms with Crippen molar-refractivity contribution in [2.24, 2.45) is 5.41 Å². The van der Waals surface area contributed by atoms with Gasteiger partial charge in [-0.2, -0.15) is 0 Å². The van der Waals surface area contributed by atoms with Crippen molar-refractivity contribution in [2.75, 3.05) is 19.7 Å². The lowest BCUT2D eigenvalue weighted by atomic mass is 9.58. The van der Waals surface area contributed by atoms with Crippen LogP contribution in [-0.2, 0) is 4.74 Å². The van der Waals surface area contributed by atoms with Crippen molar-refractivity contribution in [1.82, 2.24) is 4.90 Å². The Morgan fingerprint density at radius 2 is 2.29 bits per heavy atom. The van der Waals surface area contributed by atoms with Gasteiger partial charge in [-0.3, -0.25) is 4.79 Å². The Morgan fingerprint density at radius 3 is 2.81 bits per heavy atom. The van der Waals surface area contributed by atoms with Crippen molar-refractivity contribution in [3.63, 3.8) is 0 Å². The van der Waals surface area contributed by atoms with Crippen LogP contribution >= 0.6 is 11.6 Å². The number of piperidine rings is 1. The standard InChI is InChI=1S/C15H20ClNO4/c1-2-20-12-9-11(18)15(12)4-6-17(7-5-15)14(19)10-3-8-21-13(10)16/h3,8,11-12,18H,2,4-7,9H2,1H3/t11-,12-/m0/s1. The highest BCUT2D eigenvalue weighted by Gasteiger charge is 2.56. The van der Waals surface area contributed by atoms with Gasteiger partial charge in [-0.05, 0) is 37.4 Å². The first-order valence-electron chi connectivity index (χ1n) is 7.40. The van der Waals surface area contributed by atoms with Crippen LogP contribution in [0.2, 0.25) is 5.22 Å². The van der Waals surface area contributed by atoms with E-state index in [0.717, 1.165) is 12.8 Å². The van der Waals surface area contributed by atoms with E-state index in [1.54, 1.807) is 11.0 Å². The zero-order valence-corrected chi connectivity index (χ0v) is 12.8. The van der Waals surface area contributed by atoms with Gasteiger partial charge in [0, 0.05) is 31.5 Å². The average Bonchev–Trinajstić information content (AvgIpc) is 2.92. The highest BCUT2D eigenvalue weighted by molar-refractivity contribution is 6.32. The summed E-state index contributed by atoms with van der Waals surface area (Å²) in [5.74, 6) is -0.106. The topological polar surface area (TPSA) is 62.9 Å². The number of hydrogen-bond donors (Lipinski definition) is 1. The van der Waals surface area contributed by atoms with Crippen molar-refractivity contribution in [3.05, 3.63) is 23.1 Å². The van der Waals surface area contributed by atoms with Crippen LogP contribution < -0.4 is 0 Å². The number of rotatable bonds is 3. The molecule has 2 aliphatic rings. The third kappa shape index (κ3) is 2.37. The average molecular weight is 314 g/mol. The second-order valence-corrected chi connectivity index (χ2v) is 6.17. The summed E-state index contributed by atoms with van der Waals surface area (Å²) in [4.78, 5) is 14.1. The highest BCUT2D eigenvalue weighted by atomic mass is 35.5. The van der Waals surface area contributed by atoms with Crippen LogP contribution in [0.25, 0.3) is 0 Å². The van der Waals surface area contributed by atoms with Crippen molar-refractivity contribution in [2.45, 2.75) is 38.4 Å². The molecule has 6 heteroatoms. The first-order chi connectivity index (χ1) is 10.1. The van der Waals surface area contributed by atoms with E-state index in [1.807, 2.05) is 6.92 Å². The van der Waals surface area contributed by atoms with Gasteiger partial charge in [0.2, 0.25) is 5.22 Å². The molecule has 1 aromatic heterocycles. The second kappa shape index (κ2) is 5.63. The van der Waals surface area contributed by atoms with Gasteiger partial charge in [0.25, 0.3) is 5.91 Å². The van der Waals surface area contributed by atoms with E-state index < -0.39 is 0 Å². The molecule has 5 nitrogen and oxygen atoms in total. The molecule has 0 radical (unpaired) electrons. The molecule has 1 saturated carbocycles. The Balaban J connectivity index is 1.65. The van der Waals surface area contributed by atoms with Crippen LogP contribution in [0.3, 0.4) is 0 Å². The van der Waals surface area contributed by atoms with E-state index in [2.05, 4.69) is 0 Å². The smallest absolute Gasteiger partial charge is 0.258 e. The van der Waals surface area contributed by atoms with E-state index in [4.69, 9.17) is 20.8 Å². The molecule has 1 aromatic rings. The van der Waals surface area contributed by atoms with Crippen molar-refractivity contribution >= 4 is 17.5 Å². The summed E-state index contributed by atoms with van der Waals surface area (Å²) in [5, 5.41) is 10.3. The summed E-state index contributed by atoms with van der Waals surface area (Å²) in [7, 11) is 0. The Morgan fingerprint density at radius 1 is 1.57 bits per heavy atom. The van der Waals surface area contributed by atoms with Gasteiger partial charge in [-0.25, -0.2) is 0 Å². The number of likely N-dealkylation sites (tertiary alicyclic amines) is 1. The van der Waals surface area contributed by atoms with Crippen molar-refractivity contribution in [1.29, 1.82) is 0 Å². The Kier molecular flexibility index (Phi) is 3.99. The van der Waals surface area contributed by atoms with Gasteiger partial charge < -0.3 is 19.2 Å². The first-order valence-corrected chi connectivity index (χ1v) is 7.78. The van der Waals surface area contributed by atoms with Gasteiger partial charge in [0.1, 0.15) is 0 Å². The summed E-state index contributed by atoms with van der Waals surface area (Å²) in [5.41, 5.74) is 0.232. The summed E-state index contributed by atoms with van der Waals surface area (Å²) in [6.07, 6.45) is 3.45. The lowest BCUT2D eigenvalue weighted by Crippen LogP contribution is -2.62. The number of aliphatic hydroxyl groups is 1. The maximum absolute atomic E-state index is 12.4. The first kappa shape index (κ1) is 14.9. The molecular formula is C15H20ClNO4. The largest absolute Gasteiger partial charge is 0.452 e. The maximum atomic E-state index is 12.4. The molecule has 0 aromatic carbocycles. The number of ether oxygens (including phenoxy) is 1. The molecule has 2 atom stereocenters. The van der Waals surface area contributed by atoms with Crippen LogP contribution in [0.1, 0.15) is 36.5 Å². The molecule has 1 aliphatic heterocycles. The van der Waals surface area contributed by atoms with E-state index in [1.165, 1.54) is 6.26 Å². The van der Waals surface area contributed by atoms with Crippen LogP contribution in [0.4, 0.5) is 0 Å². The van der Waals surface area contributed by atoms with Gasteiger partial charge in [0.15, 0.2) is 0 Å². The summed E-state index contributed by atoms with van der Waals surface area (Å²) in [6, 6.07) is 1.59. The van der Waals surface area contributed by atoms with E-state index in [-0.39, 0.29) is 28.7 Å². The molecule has 21 heavy (non-hydrogen) atoms. The van der Waals surface area contributed by atoms with Crippen molar-refractivity contribution < 1.29 is 19.1 Å². The fourth-order valence-corrected chi connectivity index (χ4v) is 3.75. The molecule has 1 amide bonds. The van der Waals surface area contributed by atoms with E-state index >= 15 is 0 Å². The molecule has 0 bridgehead atoms. The predicted molar refractivity (Wildman–Crippen MR) is 77.3 cm³/mol. The highest BCUT2D eigenvalue weighted by Crippen LogP contribution is 2.51. The lowest BCUT2D eigenvalue weighted by Gasteiger charge is -2.56. The minimum absolute atomic E-state index is 0.106. The van der Waals surface area contributed by atoms with Crippen LogP contribution in [-0.4, -0.2) is 47.8 Å². The summed E-state index contributed by atoms with van der Waals surface area (Å²) < 4.78 is 10.7. The molecule has 116 valence electrons. The molecule has 1 spiro atoms. The predicted octanol–water partition coefficient (Wildman–Crippen LogP) is 2.33. The number of aliphatic hydroxyl groups excluding tert-OH is 1. The van der Waals surface area contributed by atoms with Gasteiger partial charge >= 0.3 is 0 Å². The second-order valence-electron chi connectivity index (χ2n) is 5.83. The summed E-state index contributed by atoms with van der Waals surface area (Å²) in [6.45, 7) is 3.85. The lowest BCUT2D eigenvalue weighted by molar-refractivity contribution is -0.207. The SMILES string of the molecule is CCO[C@H]1C[C@H](O)C12CCN(C(=O)c1ccoc1Cl)CC2. The zero-order valence-electron chi connectivity index (χ0n) is 12.0. The van der Waals surface area contributed by atoms with Crippen LogP contribution in [0.5, 0.6) is 0 Å². The monoisotopic (exact) mass is 313 g/mol. The van der Waals surface area contributed by atoms with Crippen LogP contribution in [0.15, 0.2) is 16.7 Å². The number of nitrogens with zero attached hydrogens (tertiary/aromatic N) is 1. The third-order valence-electron chi connectivity index (χ3n) is 4.94. The Hall–Kier alpha value is -1.04. The molecule has 1 aliphatic carbocycles. The Bertz CT molecular complexity index is 519. The molecule has 1 saturated heterocycles. The number of amides is 1. The number of furan rings is 1. The number of carbonyl (C=O) groups is 1. The third-order valence-corrected chi connectivity index (χ3v) is 5.23. The number of hydrogen-bond acceptors (Lipinski definition) is 4. The number of carbonyl (C=O) groups excluding carboxylic acids is 1. The van der Waals surface area contributed by atoms with Gasteiger partial charge in [-0.15, -0.1) is 0 Å². The maximum Gasteiger partial charge on any atom is 0.258 e. The number of halogens is 1.